The van der Waals surface area contributed by atoms with E-state index in [4.69, 9.17) is 18.6 Å². The largest absolute Gasteiger partial charge is 0.488 e. The van der Waals surface area contributed by atoms with Crippen molar-refractivity contribution in [2.75, 3.05) is 6.61 Å². The smallest absolute Gasteiger partial charge is 0.379 e. The summed E-state index contributed by atoms with van der Waals surface area (Å²) in [5.41, 5.74) is 2.18. The molecular formula is C23H14O6. The van der Waals surface area contributed by atoms with Crippen molar-refractivity contribution in [3.05, 3.63) is 95.2 Å². The number of hydrogen-bond donors (Lipinski definition) is 0. The normalized spacial score (nSPS) is 15.8. The van der Waals surface area contributed by atoms with Crippen molar-refractivity contribution in [3.63, 3.8) is 0 Å². The molecule has 3 aromatic rings. The molecule has 3 heterocycles. The average molecular weight is 386 g/mol. The molecule has 0 spiro atoms. The standard InChI is InChI=1S/C23H14O6/c24-22-17-8-7-16(28-23(25)19-6-3-9-26-19)12-20(17)29-21(22)11-14-10-15-4-1-2-5-18(15)27-13-14/h1-12H,13H2/b21-11+. The summed E-state index contributed by atoms with van der Waals surface area (Å²) in [7, 11) is 0. The number of fused-ring (bicyclic) bond motifs is 2. The number of carbonyl (C=O) groups is 2. The van der Waals surface area contributed by atoms with Crippen LogP contribution in [0.1, 0.15) is 26.5 Å². The fraction of sp³-hybridized carbons (Fsp3) is 0.0435. The minimum absolute atomic E-state index is 0.0904. The summed E-state index contributed by atoms with van der Waals surface area (Å²) in [6.07, 6.45) is 5.02. The van der Waals surface area contributed by atoms with Gasteiger partial charge in [0, 0.05) is 11.6 Å². The second-order valence-corrected chi connectivity index (χ2v) is 6.51. The molecule has 5 rings (SSSR count). The highest BCUT2D eigenvalue weighted by atomic mass is 16.5. The molecule has 0 saturated carbocycles. The number of para-hydroxylation sites is 1. The molecule has 0 radical (unpaired) electrons. The maximum absolute atomic E-state index is 12.7. The van der Waals surface area contributed by atoms with Crippen molar-refractivity contribution in [2.45, 2.75) is 0 Å². The first kappa shape index (κ1) is 17.1. The first-order valence-electron chi connectivity index (χ1n) is 8.94. The molecule has 6 nitrogen and oxygen atoms in total. The lowest BCUT2D eigenvalue weighted by Crippen LogP contribution is -2.08. The third-order valence-corrected chi connectivity index (χ3v) is 4.55. The molecule has 0 fully saturated rings. The number of Topliss-reactive ketones (excluding diaryl/α,β-unsaturated/α-hetero) is 1. The van der Waals surface area contributed by atoms with Crippen molar-refractivity contribution < 1.29 is 28.2 Å². The Labute approximate surface area is 165 Å². The van der Waals surface area contributed by atoms with Gasteiger partial charge in [-0.3, -0.25) is 4.79 Å². The molecule has 6 heteroatoms. The van der Waals surface area contributed by atoms with Gasteiger partial charge in [-0.2, -0.15) is 0 Å². The Balaban J connectivity index is 1.38. The summed E-state index contributed by atoms with van der Waals surface area (Å²) in [6.45, 7) is 0.347. The Morgan fingerprint density at radius 1 is 1.03 bits per heavy atom. The zero-order chi connectivity index (χ0) is 19.8. The molecule has 0 unspecified atom stereocenters. The lowest BCUT2D eigenvalue weighted by atomic mass is 10.1. The highest BCUT2D eigenvalue weighted by Gasteiger charge is 2.28. The van der Waals surface area contributed by atoms with Crippen LogP contribution in [-0.4, -0.2) is 18.4 Å². The van der Waals surface area contributed by atoms with Gasteiger partial charge in [-0.25, -0.2) is 4.79 Å². The van der Waals surface area contributed by atoms with Crippen molar-refractivity contribution in [1.29, 1.82) is 0 Å². The summed E-state index contributed by atoms with van der Waals surface area (Å²) in [6, 6.07) is 15.4. The predicted molar refractivity (Wildman–Crippen MR) is 103 cm³/mol. The predicted octanol–water partition coefficient (Wildman–Crippen LogP) is 4.43. The number of ketones is 1. The van der Waals surface area contributed by atoms with Gasteiger partial charge >= 0.3 is 5.97 Å². The van der Waals surface area contributed by atoms with Gasteiger partial charge in [0.1, 0.15) is 23.9 Å². The van der Waals surface area contributed by atoms with Crippen LogP contribution in [0.15, 0.2) is 82.7 Å². The minimum Gasteiger partial charge on any atom is -0.488 e. The van der Waals surface area contributed by atoms with Crippen LogP contribution in [0.2, 0.25) is 0 Å². The van der Waals surface area contributed by atoms with Gasteiger partial charge in [0.2, 0.25) is 11.5 Å². The zero-order valence-electron chi connectivity index (χ0n) is 15.1. The number of hydrogen-bond acceptors (Lipinski definition) is 6. The number of rotatable bonds is 3. The summed E-state index contributed by atoms with van der Waals surface area (Å²) in [5.74, 6) is 0.829. The van der Waals surface area contributed by atoms with Gasteiger partial charge in [-0.15, -0.1) is 0 Å². The van der Waals surface area contributed by atoms with Crippen LogP contribution in [0.4, 0.5) is 0 Å². The Morgan fingerprint density at radius 2 is 1.93 bits per heavy atom. The summed E-state index contributed by atoms with van der Waals surface area (Å²) in [5, 5.41) is 0. The topological polar surface area (TPSA) is 75.0 Å². The highest BCUT2D eigenvalue weighted by Crippen LogP contribution is 2.35. The fourth-order valence-corrected chi connectivity index (χ4v) is 3.17. The van der Waals surface area contributed by atoms with Gasteiger partial charge < -0.3 is 18.6 Å². The van der Waals surface area contributed by atoms with E-state index in [0.717, 1.165) is 16.9 Å². The highest BCUT2D eigenvalue weighted by molar-refractivity contribution is 6.12. The number of furan rings is 1. The number of carbonyl (C=O) groups excluding carboxylic acids is 2. The Bertz CT molecular complexity index is 1180. The lowest BCUT2D eigenvalue weighted by molar-refractivity contribution is 0.0701. The molecule has 2 aromatic carbocycles. The number of allylic oxidation sites excluding steroid dienone is 1. The summed E-state index contributed by atoms with van der Waals surface area (Å²) < 4.78 is 21.7. The molecule has 0 bridgehead atoms. The monoisotopic (exact) mass is 386 g/mol. The van der Waals surface area contributed by atoms with E-state index in [1.807, 2.05) is 30.3 Å². The Morgan fingerprint density at radius 3 is 2.79 bits per heavy atom. The van der Waals surface area contributed by atoms with E-state index in [0.29, 0.717) is 17.9 Å². The molecule has 0 saturated heterocycles. The third-order valence-electron chi connectivity index (χ3n) is 4.55. The van der Waals surface area contributed by atoms with Gasteiger partial charge in [-0.05, 0) is 48.1 Å². The second-order valence-electron chi connectivity index (χ2n) is 6.51. The number of ether oxygens (including phenoxy) is 3. The van der Waals surface area contributed by atoms with E-state index in [9.17, 15) is 9.59 Å². The van der Waals surface area contributed by atoms with Gasteiger partial charge in [0.15, 0.2) is 5.76 Å². The van der Waals surface area contributed by atoms with Crippen molar-refractivity contribution >= 4 is 17.8 Å². The molecule has 29 heavy (non-hydrogen) atoms. The second kappa shape index (κ2) is 6.83. The van der Waals surface area contributed by atoms with E-state index in [1.54, 1.807) is 24.3 Å². The lowest BCUT2D eigenvalue weighted by Gasteiger charge is -2.15. The van der Waals surface area contributed by atoms with Gasteiger partial charge in [0.25, 0.3) is 0 Å². The van der Waals surface area contributed by atoms with Gasteiger partial charge in [0.05, 0.1) is 11.8 Å². The summed E-state index contributed by atoms with van der Waals surface area (Å²) in [4.78, 5) is 24.7. The quantitative estimate of drug-likeness (QED) is 0.377. The zero-order valence-corrected chi connectivity index (χ0v) is 15.1. The molecule has 142 valence electrons. The molecule has 0 N–H and O–H groups in total. The van der Waals surface area contributed by atoms with Crippen LogP contribution in [0.25, 0.3) is 6.08 Å². The third kappa shape index (κ3) is 3.21. The van der Waals surface area contributed by atoms with Crippen LogP contribution < -0.4 is 14.2 Å². The molecule has 0 aliphatic carbocycles. The molecule has 1 aromatic heterocycles. The SMILES string of the molecule is O=C(Oc1ccc2c(c1)O/C(=C/C1=Cc3ccccc3OC1)C2=O)c1ccco1. The van der Waals surface area contributed by atoms with E-state index in [2.05, 4.69) is 0 Å². The first-order valence-corrected chi connectivity index (χ1v) is 8.94. The van der Waals surface area contributed by atoms with Crippen LogP contribution in [-0.2, 0) is 0 Å². The molecule has 0 amide bonds. The molecule has 0 atom stereocenters. The fourth-order valence-electron chi connectivity index (χ4n) is 3.17. The van der Waals surface area contributed by atoms with Crippen LogP contribution >= 0.6 is 0 Å². The number of benzene rings is 2. The summed E-state index contributed by atoms with van der Waals surface area (Å²) >= 11 is 0. The van der Waals surface area contributed by atoms with Crippen molar-refractivity contribution in [3.8, 4) is 17.2 Å². The molecule has 2 aliphatic heterocycles. The van der Waals surface area contributed by atoms with Crippen molar-refractivity contribution in [1.82, 2.24) is 0 Å². The maximum atomic E-state index is 12.7. The van der Waals surface area contributed by atoms with Crippen molar-refractivity contribution in [2.24, 2.45) is 0 Å². The average Bonchev–Trinajstić information content (AvgIpc) is 3.37. The maximum Gasteiger partial charge on any atom is 0.379 e. The van der Waals surface area contributed by atoms with E-state index in [1.165, 1.54) is 18.4 Å². The molecule has 2 aliphatic rings. The Hall–Kier alpha value is -4.06. The Kier molecular flexibility index (Phi) is 4.02. The van der Waals surface area contributed by atoms with Crippen LogP contribution in [0.3, 0.4) is 0 Å². The van der Waals surface area contributed by atoms with Gasteiger partial charge in [-0.1, -0.05) is 18.2 Å². The van der Waals surface area contributed by atoms with E-state index < -0.39 is 5.97 Å². The minimum atomic E-state index is -0.627. The number of esters is 1. The van der Waals surface area contributed by atoms with E-state index in [-0.39, 0.29) is 23.1 Å². The van der Waals surface area contributed by atoms with E-state index >= 15 is 0 Å². The van der Waals surface area contributed by atoms with Crippen LogP contribution in [0.5, 0.6) is 17.2 Å². The first-order chi connectivity index (χ1) is 14.2. The molecular weight excluding hydrogens is 372 g/mol. The van der Waals surface area contributed by atoms with Crippen LogP contribution in [0, 0.1) is 0 Å².